The molecule has 0 bridgehead atoms. The molecule has 0 saturated carbocycles. The van der Waals surface area contributed by atoms with E-state index in [1.165, 1.54) is 31.2 Å². The van der Waals surface area contributed by atoms with Gasteiger partial charge >= 0.3 is 12.3 Å². The Morgan fingerprint density at radius 1 is 1.06 bits per heavy atom. The van der Waals surface area contributed by atoms with Crippen molar-refractivity contribution in [3.05, 3.63) is 47.0 Å². The summed E-state index contributed by atoms with van der Waals surface area (Å²) < 4.78 is 53.7. The topological polar surface area (TPSA) is 111 Å². The van der Waals surface area contributed by atoms with Crippen molar-refractivity contribution in [3.63, 3.8) is 0 Å². The van der Waals surface area contributed by atoms with Gasteiger partial charge in [0.1, 0.15) is 5.69 Å². The van der Waals surface area contributed by atoms with Gasteiger partial charge in [0.25, 0.3) is 11.8 Å². The van der Waals surface area contributed by atoms with Gasteiger partial charge in [0.2, 0.25) is 5.91 Å². The summed E-state index contributed by atoms with van der Waals surface area (Å²) in [5, 5.41) is 2.43. The molecular weight excluding hydrogens is 461 g/mol. The molecule has 34 heavy (non-hydrogen) atoms. The van der Waals surface area contributed by atoms with E-state index >= 15 is 0 Å². The lowest BCUT2D eigenvalue weighted by Crippen LogP contribution is -2.32. The molecule has 12 heteroatoms. The van der Waals surface area contributed by atoms with Crippen LogP contribution in [0.1, 0.15) is 39.6 Å². The molecular formula is C22H19F3N2O7. The number of alkyl halides is 3. The van der Waals surface area contributed by atoms with Crippen LogP contribution in [0.4, 0.5) is 24.5 Å². The van der Waals surface area contributed by atoms with Crippen LogP contribution < -0.4 is 19.7 Å². The number of carbonyl (C=O) groups excluding carboxylic acids is 4. The number of methoxy groups -OCH3 is 2. The molecule has 1 heterocycles. The zero-order valence-electron chi connectivity index (χ0n) is 18.2. The van der Waals surface area contributed by atoms with Crippen LogP contribution in [0.25, 0.3) is 0 Å². The Kier molecular flexibility index (Phi) is 6.80. The van der Waals surface area contributed by atoms with Crippen molar-refractivity contribution in [3.8, 4) is 11.5 Å². The fourth-order valence-corrected chi connectivity index (χ4v) is 3.54. The van der Waals surface area contributed by atoms with Gasteiger partial charge in [-0.3, -0.25) is 19.2 Å². The molecule has 0 radical (unpaired) electrons. The Morgan fingerprint density at radius 2 is 1.76 bits per heavy atom. The van der Waals surface area contributed by atoms with E-state index in [0.717, 1.165) is 20.3 Å². The normalized spacial score (nSPS) is 12.9. The van der Waals surface area contributed by atoms with Crippen molar-refractivity contribution in [2.75, 3.05) is 24.4 Å². The third-order valence-electron chi connectivity index (χ3n) is 4.89. The molecule has 0 aliphatic carbocycles. The Balaban J connectivity index is 2.23. The van der Waals surface area contributed by atoms with Crippen LogP contribution in [0.2, 0.25) is 0 Å². The number of esters is 1. The Labute approximate surface area is 191 Å². The summed E-state index contributed by atoms with van der Waals surface area (Å²) in [6.07, 6.45) is -5.61. The number of imide groups is 1. The summed E-state index contributed by atoms with van der Waals surface area (Å²) in [5.74, 6) is -4.42. The molecule has 0 unspecified atom stereocenters. The molecule has 3 amide bonds. The number of nitrogens with one attached hydrogen (secondary N) is 1. The highest BCUT2D eigenvalue weighted by atomic mass is 19.4. The van der Waals surface area contributed by atoms with E-state index in [0.29, 0.717) is 4.90 Å². The van der Waals surface area contributed by atoms with Crippen LogP contribution in [0.15, 0.2) is 30.3 Å². The van der Waals surface area contributed by atoms with Crippen LogP contribution in [0, 0.1) is 0 Å². The number of rotatable bonds is 7. The van der Waals surface area contributed by atoms with Gasteiger partial charge in [-0.2, -0.15) is 0 Å². The van der Waals surface area contributed by atoms with Gasteiger partial charge < -0.3 is 19.5 Å². The van der Waals surface area contributed by atoms with E-state index in [9.17, 15) is 32.3 Å². The maximum absolute atomic E-state index is 13.4. The van der Waals surface area contributed by atoms with Gasteiger partial charge in [0.05, 0.1) is 31.0 Å². The Hall–Kier alpha value is -4.09. The molecule has 180 valence electrons. The van der Waals surface area contributed by atoms with Crippen molar-refractivity contribution in [2.24, 2.45) is 0 Å². The fraction of sp³-hybridized carbons (Fsp3) is 0.273. The highest BCUT2D eigenvalue weighted by Gasteiger charge is 2.44. The van der Waals surface area contributed by atoms with Crippen molar-refractivity contribution >= 4 is 35.1 Å². The van der Waals surface area contributed by atoms with E-state index in [2.05, 4.69) is 14.8 Å². The quantitative estimate of drug-likeness (QED) is 0.477. The maximum Gasteiger partial charge on any atom is 0.573 e. The zero-order chi connectivity index (χ0) is 25.2. The molecule has 2 aromatic carbocycles. The van der Waals surface area contributed by atoms with Gasteiger partial charge in [-0.1, -0.05) is 12.1 Å². The van der Waals surface area contributed by atoms with Crippen LogP contribution in [-0.4, -0.2) is 44.3 Å². The minimum absolute atomic E-state index is 0.0168. The summed E-state index contributed by atoms with van der Waals surface area (Å²) in [5.41, 5.74) is -0.803. The first-order chi connectivity index (χ1) is 16.0. The first-order valence-corrected chi connectivity index (χ1v) is 9.80. The van der Waals surface area contributed by atoms with Crippen LogP contribution >= 0.6 is 0 Å². The summed E-state index contributed by atoms with van der Waals surface area (Å²) in [4.78, 5) is 50.3. The molecule has 1 N–H and O–H groups in total. The second-order valence-electron chi connectivity index (χ2n) is 7.08. The van der Waals surface area contributed by atoms with E-state index < -0.39 is 47.2 Å². The average molecular weight is 480 g/mol. The number of amides is 3. The lowest BCUT2D eigenvalue weighted by molar-refractivity contribution is -0.274. The van der Waals surface area contributed by atoms with Gasteiger partial charge in [-0.15, -0.1) is 13.2 Å². The molecule has 0 saturated heterocycles. The minimum atomic E-state index is -5.19. The van der Waals surface area contributed by atoms with Crippen molar-refractivity contribution < 1.29 is 46.6 Å². The minimum Gasteiger partial charge on any atom is -0.493 e. The third kappa shape index (κ3) is 4.80. The summed E-state index contributed by atoms with van der Waals surface area (Å²) in [7, 11) is 2.23. The number of ether oxygens (including phenoxy) is 3. The molecule has 9 nitrogen and oxygen atoms in total. The van der Waals surface area contributed by atoms with E-state index in [4.69, 9.17) is 4.74 Å². The van der Waals surface area contributed by atoms with Gasteiger partial charge in [0.15, 0.2) is 11.5 Å². The number of hydrogen-bond acceptors (Lipinski definition) is 7. The first kappa shape index (κ1) is 24.6. The second kappa shape index (κ2) is 9.41. The molecule has 0 aromatic heterocycles. The molecule has 1 aliphatic heterocycles. The van der Waals surface area contributed by atoms with E-state index in [-0.39, 0.29) is 35.2 Å². The zero-order valence-corrected chi connectivity index (χ0v) is 18.2. The number of nitrogens with zero attached hydrogens (tertiary/aromatic N) is 1. The lowest BCUT2D eigenvalue weighted by Gasteiger charge is -2.24. The van der Waals surface area contributed by atoms with Gasteiger partial charge in [-0.05, 0) is 30.2 Å². The maximum atomic E-state index is 13.4. The summed E-state index contributed by atoms with van der Waals surface area (Å²) >= 11 is 0. The number of anilines is 2. The van der Waals surface area contributed by atoms with Crippen LogP contribution in [-0.2, 0) is 20.7 Å². The van der Waals surface area contributed by atoms with Crippen LogP contribution in [0.5, 0.6) is 11.5 Å². The fourth-order valence-electron chi connectivity index (χ4n) is 3.54. The van der Waals surface area contributed by atoms with Gasteiger partial charge in [0, 0.05) is 13.3 Å². The van der Waals surface area contributed by atoms with Crippen molar-refractivity contribution in [1.82, 2.24) is 0 Å². The second-order valence-corrected chi connectivity index (χ2v) is 7.08. The van der Waals surface area contributed by atoms with Gasteiger partial charge in [-0.25, -0.2) is 4.90 Å². The number of aryl methyl sites for hydroxylation is 1. The highest BCUT2D eigenvalue weighted by molar-refractivity contribution is 6.37. The molecule has 0 fully saturated rings. The third-order valence-corrected chi connectivity index (χ3v) is 4.89. The monoisotopic (exact) mass is 480 g/mol. The number of carbonyl (C=O) groups is 4. The predicted molar refractivity (Wildman–Crippen MR) is 112 cm³/mol. The smallest absolute Gasteiger partial charge is 0.493 e. The first-order valence-electron chi connectivity index (χ1n) is 9.80. The Morgan fingerprint density at radius 3 is 2.35 bits per heavy atom. The summed E-state index contributed by atoms with van der Waals surface area (Å²) in [6, 6.07) is 6.58. The number of hydrogen-bond donors (Lipinski definition) is 1. The van der Waals surface area contributed by atoms with E-state index in [1.54, 1.807) is 0 Å². The standard InChI is InChI=1S/C22H19F3N2O7/c1-11(28)26-14-6-4-5-13-17(14)21(31)27(20(13)30)18-12(8-10-16(29)33-3)7-9-15(32-2)19(18)34-22(23,24)25/h4-7,9H,8,10H2,1-3H3,(H,26,28). The van der Waals surface area contributed by atoms with Crippen molar-refractivity contribution in [2.45, 2.75) is 26.1 Å². The predicted octanol–water partition coefficient (Wildman–Crippen LogP) is 3.46. The van der Waals surface area contributed by atoms with E-state index in [1.807, 2.05) is 0 Å². The molecule has 0 spiro atoms. The van der Waals surface area contributed by atoms with Crippen LogP contribution in [0.3, 0.4) is 0 Å². The number of fused-ring (bicyclic) bond motifs is 1. The number of halogens is 3. The van der Waals surface area contributed by atoms with Crippen molar-refractivity contribution in [1.29, 1.82) is 0 Å². The molecule has 1 aliphatic rings. The summed E-state index contributed by atoms with van der Waals surface area (Å²) in [6.45, 7) is 1.20. The highest BCUT2D eigenvalue weighted by Crippen LogP contribution is 2.46. The molecule has 3 rings (SSSR count). The Bertz CT molecular complexity index is 1180. The SMILES string of the molecule is COC(=O)CCc1ccc(OC)c(OC(F)(F)F)c1N1C(=O)c2cccc(NC(C)=O)c2C1=O. The average Bonchev–Trinajstić information content (AvgIpc) is 3.01. The molecule has 2 aromatic rings. The molecule has 0 atom stereocenters. The lowest BCUT2D eigenvalue weighted by atomic mass is 10.0. The largest absolute Gasteiger partial charge is 0.573 e. The number of benzene rings is 2.